The van der Waals surface area contributed by atoms with Gasteiger partial charge in [-0.25, -0.2) is 9.59 Å². The van der Waals surface area contributed by atoms with Crippen LogP contribution in [0.1, 0.15) is 76.7 Å². The first-order valence-electron chi connectivity index (χ1n) is 15.3. The summed E-state index contributed by atoms with van der Waals surface area (Å²) in [5.74, 6) is 38.5. The average molecular weight is 607 g/mol. The van der Waals surface area contributed by atoms with Crippen molar-refractivity contribution >= 4 is 12.0 Å². The number of likely N-dealkylation sites (N-methyl/N-ethyl adjacent to an activating group) is 1. The van der Waals surface area contributed by atoms with Gasteiger partial charge in [-0.2, -0.15) is 0 Å². The van der Waals surface area contributed by atoms with E-state index in [1.165, 1.54) is 49.8 Å². The van der Waals surface area contributed by atoms with Crippen molar-refractivity contribution in [2.75, 3.05) is 13.6 Å². The van der Waals surface area contributed by atoms with Gasteiger partial charge in [0.05, 0.1) is 0 Å². The molecular weight excluding hydrogens is 568 g/mol. The number of carbonyl (C=O) groups is 2. The lowest BCUT2D eigenvalue weighted by molar-refractivity contribution is -0.141. The molecule has 2 amide bonds. The summed E-state index contributed by atoms with van der Waals surface area (Å²) in [5, 5.41) is 2.92. The second-order valence-corrected chi connectivity index (χ2v) is 9.77. The summed E-state index contributed by atoms with van der Waals surface area (Å²) in [6, 6.07) is 8.22. The highest BCUT2D eigenvalue weighted by molar-refractivity contribution is 5.84. The fourth-order valence-corrected chi connectivity index (χ4v) is 3.90. The Hall–Kier alpha value is -6.00. The van der Waals surface area contributed by atoms with Gasteiger partial charge in [0.15, 0.2) is 0 Å². The molecule has 0 saturated carbocycles. The van der Waals surface area contributed by atoms with Crippen LogP contribution in [0.4, 0.5) is 4.79 Å². The number of unbranched alkanes of at least 4 members (excludes halogenated alkanes) is 9. The number of esters is 1. The van der Waals surface area contributed by atoms with Gasteiger partial charge in [-0.15, -0.1) is 6.42 Å². The third kappa shape index (κ3) is 20.8. The number of hydrogen-bond acceptors (Lipinski definition) is 3. The van der Waals surface area contributed by atoms with Gasteiger partial charge in [0, 0.05) is 67.4 Å². The van der Waals surface area contributed by atoms with Crippen molar-refractivity contribution in [1.82, 2.24) is 10.2 Å². The van der Waals surface area contributed by atoms with Gasteiger partial charge in [0.2, 0.25) is 0 Å². The summed E-state index contributed by atoms with van der Waals surface area (Å²) in [5.41, 5.74) is 0.888. The molecule has 230 valence electrons. The second kappa shape index (κ2) is 27.8. The number of benzene rings is 1. The third-order valence-electron chi connectivity index (χ3n) is 6.29. The molecule has 1 aromatic carbocycles. The van der Waals surface area contributed by atoms with E-state index in [0.717, 1.165) is 24.8 Å². The fraction of sp³-hybridized carbons (Fsp3) is 0.366. The number of ether oxygens (including phenoxy) is 1. The summed E-state index contributed by atoms with van der Waals surface area (Å²) >= 11 is 0. The molecule has 0 spiro atoms. The van der Waals surface area contributed by atoms with E-state index in [9.17, 15) is 9.59 Å². The highest BCUT2D eigenvalue weighted by Crippen LogP contribution is 2.12. The molecule has 46 heavy (non-hydrogen) atoms. The Kier molecular flexibility index (Phi) is 23.0. The predicted molar refractivity (Wildman–Crippen MR) is 184 cm³/mol. The number of nitrogens with one attached hydrogen (secondary N) is 1. The van der Waals surface area contributed by atoms with E-state index in [4.69, 9.17) is 11.2 Å². The van der Waals surface area contributed by atoms with Crippen molar-refractivity contribution in [2.45, 2.75) is 83.6 Å². The molecule has 1 aromatic rings. The van der Waals surface area contributed by atoms with Crippen LogP contribution in [0.2, 0.25) is 0 Å². The molecule has 1 N–H and O–H groups in total. The molecule has 0 bridgehead atoms. The molecule has 1 atom stereocenters. The van der Waals surface area contributed by atoms with E-state index in [1.54, 1.807) is 7.05 Å². The first kappa shape index (κ1) is 38.0. The highest BCUT2D eigenvalue weighted by Gasteiger charge is 2.28. The number of hydrogen-bond donors (Lipinski definition) is 1. The maximum absolute atomic E-state index is 12.9. The van der Waals surface area contributed by atoms with Gasteiger partial charge in [0.25, 0.3) is 0 Å². The SMILES string of the molecule is C#CC#CC#CC#CC#CC#CC#CC#CC#COC(=O)C(Cc1ccccc1)N(C)C(=O)NCCCCCCCCCCCC. The van der Waals surface area contributed by atoms with Crippen LogP contribution < -0.4 is 5.32 Å². The Morgan fingerprint density at radius 1 is 0.696 bits per heavy atom. The van der Waals surface area contributed by atoms with Gasteiger partial charge in [-0.1, -0.05) is 95.0 Å². The maximum atomic E-state index is 12.9. The van der Waals surface area contributed by atoms with Crippen molar-refractivity contribution in [3.8, 4) is 107 Å². The summed E-state index contributed by atoms with van der Waals surface area (Å²) in [7, 11) is 1.58. The first-order valence-corrected chi connectivity index (χ1v) is 15.3. The molecule has 0 heterocycles. The lowest BCUT2D eigenvalue weighted by Gasteiger charge is -2.26. The molecule has 0 aliphatic heterocycles. The second-order valence-electron chi connectivity index (χ2n) is 9.77. The topological polar surface area (TPSA) is 58.6 Å². The Labute approximate surface area is 276 Å². The van der Waals surface area contributed by atoms with E-state index >= 15 is 0 Å². The van der Waals surface area contributed by atoms with Crippen LogP contribution in [0.15, 0.2) is 30.3 Å². The number of terminal acetylenes is 1. The number of amides is 2. The fourth-order valence-electron chi connectivity index (χ4n) is 3.90. The van der Waals surface area contributed by atoms with Crippen LogP contribution in [-0.4, -0.2) is 36.5 Å². The Morgan fingerprint density at radius 2 is 1.15 bits per heavy atom. The van der Waals surface area contributed by atoms with E-state index < -0.39 is 12.0 Å². The standard InChI is InChI=1S/C41H38N2O3/c1-4-6-8-10-12-14-16-17-18-19-20-21-23-25-27-32-36-46-40(44)39(37-38-33-29-28-30-34-38)43(3)41(45)42-35-31-26-24-22-15-13-11-9-7-5-2/h1,28-30,33-34,39H,5,7,9,11,13,15,22,24,26,31,35,37H2,2-3H3,(H,42,45). The molecule has 1 rings (SSSR count). The normalized spacial score (nSPS) is 8.80. The van der Waals surface area contributed by atoms with Gasteiger partial charge in [0.1, 0.15) is 12.1 Å². The van der Waals surface area contributed by atoms with Gasteiger partial charge in [-0.05, 0) is 59.3 Å². The smallest absolute Gasteiger partial charge is 0.343 e. The molecule has 5 heteroatoms. The summed E-state index contributed by atoms with van der Waals surface area (Å²) in [6.45, 7) is 2.78. The van der Waals surface area contributed by atoms with Crippen molar-refractivity contribution in [3.63, 3.8) is 0 Å². The maximum Gasteiger partial charge on any atom is 0.343 e. The molecule has 1 unspecified atom stereocenters. The molecule has 0 aliphatic carbocycles. The van der Waals surface area contributed by atoms with Crippen LogP contribution in [0.25, 0.3) is 0 Å². The van der Waals surface area contributed by atoms with Gasteiger partial charge < -0.3 is 15.0 Å². The molecule has 0 saturated heterocycles. The monoisotopic (exact) mass is 606 g/mol. The summed E-state index contributed by atoms with van der Waals surface area (Å²) in [4.78, 5) is 27.2. The zero-order valence-corrected chi connectivity index (χ0v) is 26.7. The number of nitrogens with zero attached hydrogens (tertiary/aromatic N) is 1. The lowest BCUT2D eigenvalue weighted by Crippen LogP contribution is -2.48. The van der Waals surface area contributed by atoms with E-state index in [2.05, 4.69) is 113 Å². The van der Waals surface area contributed by atoms with Gasteiger partial charge in [-0.3, -0.25) is 0 Å². The first-order chi connectivity index (χ1) is 22.6. The Morgan fingerprint density at radius 3 is 1.65 bits per heavy atom. The third-order valence-corrected chi connectivity index (χ3v) is 6.29. The zero-order chi connectivity index (χ0) is 33.3. The molecule has 0 fully saturated rings. The molecule has 5 nitrogen and oxygen atoms in total. The molecule has 0 aliphatic rings. The largest absolute Gasteiger partial charge is 0.370 e. The minimum absolute atomic E-state index is 0.280. The Bertz CT molecular complexity index is 1670. The van der Waals surface area contributed by atoms with Crippen LogP contribution in [0, 0.1) is 107 Å². The van der Waals surface area contributed by atoms with E-state index in [-0.39, 0.29) is 12.5 Å². The van der Waals surface area contributed by atoms with Gasteiger partial charge >= 0.3 is 12.0 Å². The van der Waals surface area contributed by atoms with Crippen molar-refractivity contribution < 1.29 is 14.3 Å². The number of carbonyl (C=O) groups excluding carboxylic acids is 2. The summed E-state index contributed by atoms with van der Waals surface area (Å²) in [6.07, 6.45) is 19.7. The predicted octanol–water partition coefficient (Wildman–Crippen LogP) is 5.32. The summed E-state index contributed by atoms with van der Waals surface area (Å²) < 4.78 is 5.12. The number of urea groups is 1. The van der Waals surface area contributed by atoms with Crippen LogP contribution in [0.5, 0.6) is 0 Å². The van der Waals surface area contributed by atoms with E-state index in [0.29, 0.717) is 6.54 Å². The van der Waals surface area contributed by atoms with Crippen LogP contribution >= 0.6 is 0 Å². The average Bonchev–Trinajstić information content (AvgIpc) is 3.07. The van der Waals surface area contributed by atoms with Crippen molar-refractivity contribution in [2.24, 2.45) is 0 Å². The highest BCUT2D eigenvalue weighted by atomic mass is 16.5. The van der Waals surface area contributed by atoms with Crippen LogP contribution in [-0.2, 0) is 16.0 Å². The van der Waals surface area contributed by atoms with E-state index in [1.807, 2.05) is 30.3 Å². The zero-order valence-electron chi connectivity index (χ0n) is 26.7. The molecular formula is C41H38N2O3. The Balaban J connectivity index is 2.59. The van der Waals surface area contributed by atoms with Crippen molar-refractivity contribution in [3.05, 3.63) is 35.9 Å². The minimum atomic E-state index is -0.868. The minimum Gasteiger partial charge on any atom is -0.370 e. The van der Waals surface area contributed by atoms with Crippen LogP contribution in [0.3, 0.4) is 0 Å². The number of rotatable bonds is 15. The van der Waals surface area contributed by atoms with Crippen molar-refractivity contribution in [1.29, 1.82) is 0 Å². The molecule has 0 radical (unpaired) electrons. The lowest BCUT2D eigenvalue weighted by atomic mass is 10.1. The molecule has 0 aromatic heterocycles. The quantitative estimate of drug-likeness (QED) is 0.167.